The predicted molar refractivity (Wildman–Crippen MR) is 121 cm³/mol. The van der Waals surface area contributed by atoms with E-state index in [0.717, 1.165) is 26.5 Å². The van der Waals surface area contributed by atoms with Crippen molar-refractivity contribution in [2.24, 2.45) is 5.10 Å². The molecule has 4 aromatic rings. The highest BCUT2D eigenvalue weighted by Crippen LogP contribution is 2.25. The van der Waals surface area contributed by atoms with Gasteiger partial charge in [0.1, 0.15) is 5.75 Å². The van der Waals surface area contributed by atoms with Crippen molar-refractivity contribution in [3.8, 4) is 17.0 Å². The monoisotopic (exact) mass is 460 g/mol. The third-order valence-corrected chi connectivity index (χ3v) is 4.99. The first kappa shape index (κ1) is 19.7. The Morgan fingerprint density at radius 1 is 1.10 bits per heavy atom. The van der Waals surface area contributed by atoms with Gasteiger partial charge in [0, 0.05) is 33.4 Å². The lowest BCUT2D eigenvalue weighted by Gasteiger charge is -2.09. The molecule has 148 valence electrons. The SMILES string of the molecule is COc1ccc(Br)cc1/C=N/NC(=O)c1cc(-c2ccncc2)nc2ccccc12. The van der Waals surface area contributed by atoms with Crippen molar-refractivity contribution < 1.29 is 9.53 Å². The van der Waals surface area contributed by atoms with Crippen LogP contribution in [-0.2, 0) is 0 Å². The van der Waals surface area contributed by atoms with Crippen LogP contribution in [0.3, 0.4) is 0 Å². The maximum Gasteiger partial charge on any atom is 0.272 e. The highest BCUT2D eigenvalue weighted by Gasteiger charge is 2.13. The van der Waals surface area contributed by atoms with E-state index in [0.29, 0.717) is 17.0 Å². The average molecular weight is 461 g/mol. The fraction of sp³-hybridized carbons (Fsp3) is 0.0435. The van der Waals surface area contributed by atoms with E-state index in [1.54, 1.807) is 31.8 Å². The number of carbonyl (C=O) groups excluding carboxylic acids is 1. The first-order valence-corrected chi connectivity index (χ1v) is 9.92. The van der Waals surface area contributed by atoms with Crippen LogP contribution in [0.25, 0.3) is 22.2 Å². The predicted octanol–water partition coefficient (Wildman–Crippen LogP) is 4.83. The molecule has 4 rings (SSSR count). The topological polar surface area (TPSA) is 76.5 Å². The maximum absolute atomic E-state index is 12.9. The number of carbonyl (C=O) groups is 1. The van der Waals surface area contributed by atoms with Crippen LogP contribution in [0.5, 0.6) is 5.75 Å². The van der Waals surface area contributed by atoms with Crippen molar-refractivity contribution in [2.45, 2.75) is 0 Å². The van der Waals surface area contributed by atoms with E-state index in [1.165, 1.54) is 0 Å². The summed E-state index contributed by atoms with van der Waals surface area (Å²) < 4.78 is 6.21. The summed E-state index contributed by atoms with van der Waals surface area (Å²) in [6.45, 7) is 0. The zero-order valence-electron chi connectivity index (χ0n) is 16.0. The molecule has 30 heavy (non-hydrogen) atoms. The van der Waals surface area contributed by atoms with Gasteiger partial charge in [0.05, 0.1) is 30.1 Å². The van der Waals surface area contributed by atoms with Gasteiger partial charge in [-0.25, -0.2) is 10.4 Å². The van der Waals surface area contributed by atoms with E-state index >= 15 is 0 Å². The molecule has 0 bridgehead atoms. The fourth-order valence-electron chi connectivity index (χ4n) is 3.06. The summed E-state index contributed by atoms with van der Waals surface area (Å²) in [5, 5.41) is 4.87. The van der Waals surface area contributed by atoms with Crippen LogP contribution < -0.4 is 10.2 Å². The number of para-hydroxylation sites is 1. The molecule has 7 heteroatoms. The number of rotatable bonds is 5. The van der Waals surface area contributed by atoms with Gasteiger partial charge >= 0.3 is 0 Å². The zero-order chi connectivity index (χ0) is 20.9. The molecule has 0 atom stereocenters. The molecular weight excluding hydrogens is 444 g/mol. The molecule has 2 aromatic heterocycles. The van der Waals surface area contributed by atoms with E-state index in [1.807, 2.05) is 54.6 Å². The van der Waals surface area contributed by atoms with Crippen LogP contribution >= 0.6 is 15.9 Å². The highest BCUT2D eigenvalue weighted by molar-refractivity contribution is 9.10. The number of methoxy groups -OCH3 is 1. The number of ether oxygens (including phenoxy) is 1. The molecule has 0 spiro atoms. The number of pyridine rings is 2. The van der Waals surface area contributed by atoms with E-state index in [-0.39, 0.29) is 5.91 Å². The second kappa shape index (κ2) is 8.84. The molecular formula is C23H17BrN4O2. The maximum atomic E-state index is 12.9. The number of nitrogens with one attached hydrogen (secondary N) is 1. The molecule has 1 amide bonds. The quantitative estimate of drug-likeness (QED) is 0.341. The van der Waals surface area contributed by atoms with Gasteiger partial charge in [-0.2, -0.15) is 5.10 Å². The second-order valence-electron chi connectivity index (χ2n) is 6.39. The van der Waals surface area contributed by atoms with Crippen LogP contribution in [0.15, 0.2) is 82.6 Å². The van der Waals surface area contributed by atoms with E-state index in [2.05, 4.69) is 36.4 Å². The normalized spacial score (nSPS) is 11.0. The number of fused-ring (bicyclic) bond motifs is 1. The first-order chi connectivity index (χ1) is 14.7. The van der Waals surface area contributed by atoms with Crippen LogP contribution in [0.1, 0.15) is 15.9 Å². The molecule has 1 N–H and O–H groups in total. The van der Waals surface area contributed by atoms with Gasteiger partial charge in [-0.15, -0.1) is 0 Å². The van der Waals surface area contributed by atoms with E-state index in [9.17, 15) is 4.79 Å². The van der Waals surface area contributed by atoms with E-state index in [4.69, 9.17) is 4.74 Å². The number of halogens is 1. The van der Waals surface area contributed by atoms with Gasteiger partial charge in [-0.1, -0.05) is 34.1 Å². The largest absolute Gasteiger partial charge is 0.496 e. The molecule has 0 aliphatic heterocycles. The minimum atomic E-state index is -0.325. The van der Waals surface area contributed by atoms with Crippen LogP contribution in [0.2, 0.25) is 0 Å². The Hall–Kier alpha value is -3.58. The lowest BCUT2D eigenvalue weighted by atomic mass is 10.0. The summed E-state index contributed by atoms with van der Waals surface area (Å²) in [5.74, 6) is 0.333. The summed E-state index contributed by atoms with van der Waals surface area (Å²) in [4.78, 5) is 21.7. The molecule has 0 radical (unpaired) electrons. The highest BCUT2D eigenvalue weighted by atomic mass is 79.9. The second-order valence-corrected chi connectivity index (χ2v) is 7.31. The average Bonchev–Trinajstić information content (AvgIpc) is 2.79. The summed E-state index contributed by atoms with van der Waals surface area (Å²) in [7, 11) is 1.59. The lowest BCUT2D eigenvalue weighted by molar-refractivity contribution is 0.0956. The molecule has 0 fully saturated rings. The molecule has 0 saturated heterocycles. The molecule has 0 unspecified atom stereocenters. The van der Waals surface area contributed by atoms with Gasteiger partial charge in [0.2, 0.25) is 0 Å². The Bertz CT molecular complexity index is 1240. The summed E-state index contributed by atoms with van der Waals surface area (Å²) >= 11 is 3.42. The van der Waals surface area contributed by atoms with Gasteiger partial charge in [-0.3, -0.25) is 9.78 Å². The minimum Gasteiger partial charge on any atom is -0.496 e. The third-order valence-electron chi connectivity index (χ3n) is 4.50. The Morgan fingerprint density at radius 2 is 1.90 bits per heavy atom. The Labute approximate surface area is 181 Å². The lowest BCUT2D eigenvalue weighted by Crippen LogP contribution is -2.18. The number of hydrazone groups is 1. The minimum absolute atomic E-state index is 0.325. The van der Waals surface area contributed by atoms with Crippen molar-refractivity contribution in [1.29, 1.82) is 0 Å². The van der Waals surface area contributed by atoms with Crippen LogP contribution in [0.4, 0.5) is 0 Å². The van der Waals surface area contributed by atoms with Gasteiger partial charge in [0.25, 0.3) is 5.91 Å². The standard InChI is InChI=1S/C23H17BrN4O2/c1-30-22-7-6-17(24)12-16(22)14-26-28-23(29)19-13-21(15-8-10-25-11-9-15)27-20-5-3-2-4-18(19)20/h2-14H,1H3,(H,28,29)/b26-14+. The number of amides is 1. The fourth-order valence-corrected chi connectivity index (χ4v) is 3.44. The molecule has 0 aliphatic rings. The smallest absolute Gasteiger partial charge is 0.272 e. The van der Waals surface area contributed by atoms with Gasteiger partial charge in [-0.05, 0) is 42.5 Å². The summed E-state index contributed by atoms with van der Waals surface area (Å²) in [6.07, 6.45) is 4.94. The van der Waals surface area contributed by atoms with Gasteiger partial charge in [0.15, 0.2) is 0 Å². The summed E-state index contributed by atoms with van der Waals surface area (Å²) in [5.41, 5.74) is 6.15. The molecule has 2 aromatic carbocycles. The Balaban J connectivity index is 1.67. The number of nitrogens with zero attached hydrogens (tertiary/aromatic N) is 3. The molecule has 6 nitrogen and oxygen atoms in total. The van der Waals surface area contributed by atoms with Crippen molar-refractivity contribution in [3.63, 3.8) is 0 Å². The van der Waals surface area contributed by atoms with Crippen LogP contribution in [-0.4, -0.2) is 29.2 Å². The number of hydrogen-bond acceptors (Lipinski definition) is 5. The number of aromatic nitrogens is 2. The van der Waals surface area contributed by atoms with Crippen molar-refractivity contribution in [3.05, 3.63) is 88.7 Å². The third kappa shape index (κ3) is 4.21. The van der Waals surface area contributed by atoms with Gasteiger partial charge < -0.3 is 4.74 Å². The zero-order valence-corrected chi connectivity index (χ0v) is 17.6. The van der Waals surface area contributed by atoms with Crippen LogP contribution in [0, 0.1) is 0 Å². The van der Waals surface area contributed by atoms with Crippen molar-refractivity contribution >= 4 is 39.0 Å². The van der Waals surface area contributed by atoms with E-state index < -0.39 is 0 Å². The Kier molecular flexibility index (Phi) is 5.81. The summed E-state index contributed by atoms with van der Waals surface area (Å²) in [6, 6.07) is 18.6. The number of hydrogen-bond donors (Lipinski definition) is 1. The molecule has 2 heterocycles. The first-order valence-electron chi connectivity index (χ1n) is 9.13. The molecule has 0 aliphatic carbocycles. The Morgan fingerprint density at radius 3 is 2.70 bits per heavy atom. The molecule has 0 saturated carbocycles. The van der Waals surface area contributed by atoms with Crippen molar-refractivity contribution in [1.82, 2.24) is 15.4 Å². The number of benzene rings is 2. The van der Waals surface area contributed by atoms with Crippen molar-refractivity contribution in [2.75, 3.05) is 7.11 Å².